The van der Waals surface area contributed by atoms with E-state index < -0.39 is 0 Å². The summed E-state index contributed by atoms with van der Waals surface area (Å²) in [6, 6.07) is 0. The summed E-state index contributed by atoms with van der Waals surface area (Å²) in [7, 11) is 0. The standard InChI is InChI=1S/C13H20O/c1-4-7-12(14)13-10(3)8-6-9-11(13)5-2/h4,6-7,9-11,13H,5,8H2,1-3H3/b7-4+/t10-,11-,13+/m0/s1. The molecule has 0 aromatic rings. The van der Waals surface area contributed by atoms with Crippen molar-refractivity contribution in [1.82, 2.24) is 0 Å². The van der Waals surface area contributed by atoms with Gasteiger partial charge in [-0.05, 0) is 37.7 Å². The zero-order chi connectivity index (χ0) is 10.6. The van der Waals surface area contributed by atoms with E-state index in [2.05, 4.69) is 26.0 Å². The number of rotatable bonds is 3. The summed E-state index contributed by atoms with van der Waals surface area (Å²) in [5, 5.41) is 0. The van der Waals surface area contributed by atoms with E-state index in [1.165, 1.54) is 0 Å². The summed E-state index contributed by atoms with van der Waals surface area (Å²) in [5.74, 6) is 1.45. The highest BCUT2D eigenvalue weighted by Crippen LogP contribution is 2.32. The number of hydrogen-bond acceptors (Lipinski definition) is 1. The Morgan fingerprint density at radius 3 is 2.86 bits per heavy atom. The van der Waals surface area contributed by atoms with Crippen molar-refractivity contribution >= 4 is 5.78 Å². The van der Waals surface area contributed by atoms with Crippen molar-refractivity contribution in [3.05, 3.63) is 24.3 Å². The van der Waals surface area contributed by atoms with Gasteiger partial charge in [0.2, 0.25) is 0 Å². The maximum absolute atomic E-state index is 11.9. The quantitative estimate of drug-likeness (QED) is 0.495. The van der Waals surface area contributed by atoms with Crippen LogP contribution in [0.3, 0.4) is 0 Å². The van der Waals surface area contributed by atoms with Crippen LogP contribution in [-0.2, 0) is 4.79 Å². The van der Waals surface area contributed by atoms with Crippen LogP contribution in [0, 0.1) is 17.8 Å². The number of allylic oxidation sites excluding steroid dienone is 4. The fraction of sp³-hybridized carbons (Fsp3) is 0.615. The summed E-state index contributed by atoms with van der Waals surface area (Å²) < 4.78 is 0. The molecule has 1 nitrogen and oxygen atoms in total. The molecule has 0 aromatic heterocycles. The van der Waals surface area contributed by atoms with Crippen molar-refractivity contribution in [3.8, 4) is 0 Å². The van der Waals surface area contributed by atoms with Crippen molar-refractivity contribution in [3.63, 3.8) is 0 Å². The summed E-state index contributed by atoms with van der Waals surface area (Å²) >= 11 is 0. The third-order valence-corrected chi connectivity index (χ3v) is 3.10. The van der Waals surface area contributed by atoms with E-state index in [1.807, 2.05) is 13.0 Å². The molecule has 14 heavy (non-hydrogen) atoms. The Balaban J connectivity index is 2.81. The zero-order valence-electron chi connectivity index (χ0n) is 9.36. The third kappa shape index (κ3) is 2.34. The van der Waals surface area contributed by atoms with Crippen LogP contribution in [0.2, 0.25) is 0 Å². The van der Waals surface area contributed by atoms with E-state index in [9.17, 15) is 4.79 Å². The van der Waals surface area contributed by atoms with E-state index >= 15 is 0 Å². The molecule has 78 valence electrons. The van der Waals surface area contributed by atoms with Gasteiger partial charge >= 0.3 is 0 Å². The van der Waals surface area contributed by atoms with E-state index in [4.69, 9.17) is 0 Å². The van der Waals surface area contributed by atoms with Crippen molar-refractivity contribution in [2.24, 2.45) is 17.8 Å². The Morgan fingerprint density at radius 1 is 1.57 bits per heavy atom. The molecular weight excluding hydrogens is 172 g/mol. The Labute approximate surface area is 86.9 Å². The second kappa shape index (κ2) is 5.14. The largest absolute Gasteiger partial charge is 0.295 e. The van der Waals surface area contributed by atoms with E-state index in [0.29, 0.717) is 17.6 Å². The van der Waals surface area contributed by atoms with Crippen molar-refractivity contribution < 1.29 is 4.79 Å². The first-order valence-electron chi connectivity index (χ1n) is 5.53. The first kappa shape index (κ1) is 11.2. The van der Waals surface area contributed by atoms with Crippen LogP contribution in [-0.4, -0.2) is 5.78 Å². The highest BCUT2D eigenvalue weighted by molar-refractivity contribution is 5.92. The van der Waals surface area contributed by atoms with Crippen molar-refractivity contribution in [1.29, 1.82) is 0 Å². The van der Waals surface area contributed by atoms with Gasteiger partial charge in [-0.25, -0.2) is 0 Å². The zero-order valence-corrected chi connectivity index (χ0v) is 9.36. The third-order valence-electron chi connectivity index (χ3n) is 3.10. The summed E-state index contributed by atoms with van der Waals surface area (Å²) in [6.45, 7) is 6.24. The van der Waals surface area contributed by atoms with Crippen molar-refractivity contribution in [2.75, 3.05) is 0 Å². The predicted octanol–water partition coefficient (Wildman–Crippen LogP) is 3.37. The lowest BCUT2D eigenvalue weighted by molar-refractivity contribution is -0.121. The van der Waals surface area contributed by atoms with E-state index in [0.717, 1.165) is 12.8 Å². The SMILES string of the molecule is C/C=C/C(=O)[C@H]1[C@@H](CC)C=CC[C@@H]1C. The number of carbonyl (C=O) groups excluding carboxylic acids is 1. The van der Waals surface area contributed by atoms with Gasteiger partial charge in [-0.1, -0.05) is 32.1 Å². The number of ketones is 1. The Bertz CT molecular complexity index is 250. The summed E-state index contributed by atoms with van der Waals surface area (Å²) in [6.07, 6.45) is 10.1. The lowest BCUT2D eigenvalue weighted by atomic mass is 9.73. The van der Waals surface area contributed by atoms with Crippen LogP contribution >= 0.6 is 0 Å². The van der Waals surface area contributed by atoms with Gasteiger partial charge in [0.1, 0.15) is 0 Å². The second-order valence-corrected chi connectivity index (χ2v) is 4.14. The first-order valence-corrected chi connectivity index (χ1v) is 5.53. The van der Waals surface area contributed by atoms with Crippen LogP contribution < -0.4 is 0 Å². The van der Waals surface area contributed by atoms with Crippen LogP contribution in [0.5, 0.6) is 0 Å². The monoisotopic (exact) mass is 192 g/mol. The van der Waals surface area contributed by atoms with Gasteiger partial charge in [-0.3, -0.25) is 4.79 Å². The molecule has 1 heteroatoms. The van der Waals surface area contributed by atoms with Gasteiger partial charge in [-0.2, -0.15) is 0 Å². The molecule has 0 bridgehead atoms. The van der Waals surface area contributed by atoms with E-state index in [-0.39, 0.29) is 5.92 Å². The molecule has 3 atom stereocenters. The fourth-order valence-electron chi connectivity index (χ4n) is 2.31. The molecule has 0 N–H and O–H groups in total. The first-order chi connectivity index (χ1) is 6.70. The molecule has 1 rings (SSSR count). The van der Waals surface area contributed by atoms with Crippen LogP contribution in [0.1, 0.15) is 33.6 Å². The number of carbonyl (C=O) groups is 1. The van der Waals surface area contributed by atoms with Gasteiger partial charge < -0.3 is 0 Å². The molecule has 0 unspecified atom stereocenters. The lowest BCUT2D eigenvalue weighted by Crippen LogP contribution is -2.29. The Kier molecular flexibility index (Phi) is 4.12. The number of hydrogen-bond donors (Lipinski definition) is 0. The molecule has 0 aliphatic heterocycles. The Hall–Kier alpha value is -0.850. The average Bonchev–Trinajstić information content (AvgIpc) is 2.17. The summed E-state index contributed by atoms with van der Waals surface area (Å²) in [5.41, 5.74) is 0. The van der Waals surface area contributed by atoms with Crippen LogP contribution in [0.25, 0.3) is 0 Å². The molecular formula is C13H20O. The molecule has 0 saturated heterocycles. The highest BCUT2D eigenvalue weighted by atomic mass is 16.1. The average molecular weight is 192 g/mol. The summed E-state index contributed by atoms with van der Waals surface area (Å²) in [4.78, 5) is 11.9. The maximum atomic E-state index is 11.9. The van der Waals surface area contributed by atoms with Gasteiger partial charge in [0.15, 0.2) is 5.78 Å². The smallest absolute Gasteiger partial charge is 0.159 e. The lowest BCUT2D eigenvalue weighted by Gasteiger charge is -2.30. The van der Waals surface area contributed by atoms with Gasteiger partial charge in [0, 0.05) is 5.92 Å². The Morgan fingerprint density at radius 2 is 2.29 bits per heavy atom. The van der Waals surface area contributed by atoms with Gasteiger partial charge in [-0.15, -0.1) is 0 Å². The molecule has 1 aliphatic carbocycles. The molecule has 0 heterocycles. The van der Waals surface area contributed by atoms with Gasteiger partial charge in [0.25, 0.3) is 0 Å². The van der Waals surface area contributed by atoms with E-state index in [1.54, 1.807) is 6.08 Å². The minimum Gasteiger partial charge on any atom is -0.295 e. The molecule has 1 aliphatic rings. The molecule has 0 radical (unpaired) electrons. The minimum absolute atomic E-state index is 0.209. The topological polar surface area (TPSA) is 17.1 Å². The molecule has 0 amide bonds. The van der Waals surface area contributed by atoms with Gasteiger partial charge in [0.05, 0.1) is 0 Å². The molecule has 0 fully saturated rings. The highest BCUT2D eigenvalue weighted by Gasteiger charge is 2.30. The minimum atomic E-state index is 0.209. The maximum Gasteiger partial charge on any atom is 0.159 e. The predicted molar refractivity (Wildman–Crippen MR) is 60.0 cm³/mol. The van der Waals surface area contributed by atoms with Crippen LogP contribution in [0.4, 0.5) is 0 Å². The molecule has 0 spiro atoms. The van der Waals surface area contributed by atoms with Crippen LogP contribution in [0.15, 0.2) is 24.3 Å². The molecule has 0 aromatic carbocycles. The van der Waals surface area contributed by atoms with Crippen molar-refractivity contribution in [2.45, 2.75) is 33.6 Å². The second-order valence-electron chi connectivity index (χ2n) is 4.14. The fourth-order valence-corrected chi connectivity index (χ4v) is 2.31. The normalized spacial score (nSPS) is 32.4. The molecule has 0 saturated carbocycles.